The first kappa shape index (κ1) is 15.5. The van der Waals surface area contributed by atoms with E-state index in [-0.39, 0.29) is 18.6 Å². The summed E-state index contributed by atoms with van der Waals surface area (Å²) in [6.45, 7) is 0. The molecule has 0 atom stereocenters. The Morgan fingerprint density at radius 1 is 1.33 bits per heavy atom. The number of sulfonamides is 1. The summed E-state index contributed by atoms with van der Waals surface area (Å²) >= 11 is 6.01. The van der Waals surface area contributed by atoms with Crippen molar-refractivity contribution in [1.29, 1.82) is 0 Å². The number of fused-ring (bicyclic) bond motifs is 1. The van der Waals surface area contributed by atoms with Gasteiger partial charge in [0.2, 0.25) is 10.0 Å². The number of aliphatic carboxylic acids is 1. The highest BCUT2D eigenvalue weighted by Crippen LogP contribution is 2.28. The van der Waals surface area contributed by atoms with Gasteiger partial charge >= 0.3 is 5.97 Å². The van der Waals surface area contributed by atoms with Crippen molar-refractivity contribution in [3.05, 3.63) is 35.5 Å². The molecule has 2 N–H and O–H groups in total. The smallest absolute Gasteiger partial charge is 0.303 e. The maximum Gasteiger partial charge on any atom is 0.303 e. The Labute approximate surface area is 126 Å². The van der Waals surface area contributed by atoms with E-state index in [9.17, 15) is 13.2 Å². The van der Waals surface area contributed by atoms with Gasteiger partial charge in [0.25, 0.3) is 0 Å². The number of nitrogens with zero attached hydrogens (tertiary/aromatic N) is 1. The lowest BCUT2D eigenvalue weighted by Crippen LogP contribution is -2.17. The van der Waals surface area contributed by atoms with E-state index >= 15 is 0 Å². The number of carboxylic acid groups (broad SMARTS) is 1. The van der Waals surface area contributed by atoms with Crippen LogP contribution in [0.2, 0.25) is 5.02 Å². The fraction of sp³-hybridized carbons (Fsp3) is 0.231. The van der Waals surface area contributed by atoms with Crippen LogP contribution in [0.25, 0.3) is 10.9 Å². The Morgan fingerprint density at radius 3 is 2.81 bits per heavy atom. The third kappa shape index (κ3) is 4.05. The molecule has 0 saturated carbocycles. The molecule has 1 heterocycles. The maximum atomic E-state index is 12.0. The quantitative estimate of drug-likeness (QED) is 0.849. The van der Waals surface area contributed by atoms with Crippen molar-refractivity contribution < 1.29 is 18.3 Å². The number of anilines is 1. The van der Waals surface area contributed by atoms with E-state index in [0.717, 1.165) is 0 Å². The van der Waals surface area contributed by atoms with Gasteiger partial charge in [0.15, 0.2) is 0 Å². The molecule has 6 nitrogen and oxygen atoms in total. The van der Waals surface area contributed by atoms with Crippen LogP contribution in [0.5, 0.6) is 0 Å². The second kappa shape index (κ2) is 6.28. The van der Waals surface area contributed by atoms with Crippen molar-refractivity contribution in [3.8, 4) is 0 Å². The summed E-state index contributed by atoms with van der Waals surface area (Å²) in [5, 5.41) is 9.55. The van der Waals surface area contributed by atoms with Gasteiger partial charge in [-0.15, -0.1) is 0 Å². The minimum Gasteiger partial charge on any atom is -0.481 e. The zero-order chi connectivity index (χ0) is 15.5. The second-order valence-corrected chi connectivity index (χ2v) is 6.66. The Balaban J connectivity index is 2.23. The first-order valence-electron chi connectivity index (χ1n) is 6.14. The molecule has 1 aromatic heterocycles. The molecule has 0 aliphatic carbocycles. The van der Waals surface area contributed by atoms with E-state index in [1.54, 1.807) is 30.5 Å². The number of pyridine rings is 1. The van der Waals surface area contributed by atoms with Gasteiger partial charge in [-0.05, 0) is 30.7 Å². The van der Waals surface area contributed by atoms with Crippen molar-refractivity contribution in [3.63, 3.8) is 0 Å². The van der Waals surface area contributed by atoms with Gasteiger partial charge in [-0.1, -0.05) is 11.6 Å². The van der Waals surface area contributed by atoms with E-state index in [1.165, 1.54) is 0 Å². The average Bonchev–Trinajstić information content (AvgIpc) is 2.41. The van der Waals surface area contributed by atoms with Crippen LogP contribution in [0.4, 0.5) is 5.69 Å². The van der Waals surface area contributed by atoms with Gasteiger partial charge in [0.1, 0.15) is 0 Å². The molecule has 2 aromatic rings. The average molecular weight is 329 g/mol. The predicted molar refractivity (Wildman–Crippen MR) is 81.0 cm³/mol. The monoisotopic (exact) mass is 328 g/mol. The molecule has 0 saturated heterocycles. The van der Waals surface area contributed by atoms with Crippen molar-refractivity contribution in [2.75, 3.05) is 10.5 Å². The number of rotatable bonds is 6. The molecular formula is C13H13ClN2O4S. The Morgan fingerprint density at radius 2 is 2.10 bits per heavy atom. The number of nitrogens with one attached hydrogen (secondary N) is 1. The summed E-state index contributed by atoms with van der Waals surface area (Å²) < 4.78 is 26.3. The standard InChI is InChI=1S/C13H13ClN2O4S/c14-10-5-6-11(9-3-1-7-15-13(9)10)16-21(19,20)8-2-4-12(17)18/h1,3,5-7,16H,2,4,8H2,(H,17,18). The first-order valence-corrected chi connectivity index (χ1v) is 8.17. The zero-order valence-electron chi connectivity index (χ0n) is 10.9. The van der Waals surface area contributed by atoms with Crippen LogP contribution < -0.4 is 4.72 Å². The summed E-state index contributed by atoms with van der Waals surface area (Å²) in [5.41, 5.74) is 0.878. The van der Waals surface area contributed by atoms with Gasteiger partial charge in [-0.2, -0.15) is 0 Å². The third-order valence-electron chi connectivity index (χ3n) is 2.79. The number of carbonyl (C=O) groups is 1. The summed E-state index contributed by atoms with van der Waals surface area (Å²) in [7, 11) is -3.62. The molecule has 0 radical (unpaired) electrons. The van der Waals surface area contributed by atoms with E-state index in [4.69, 9.17) is 16.7 Å². The molecule has 21 heavy (non-hydrogen) atoms. The fourth-order valence-electron chi connectivity index (χ4n) is 1.86. The van der Waals surface area contributed by atoms with Gasteiger partial charge in [0.05, 0.1) is 22.0 Å². The highest BCUT2D eigenvalue weighted by molar-refractivity contribution is 7.92. The van der Waals surface area contributed by atoms with Crippen molar-refractivity contribution in [1.82, 2.24) is 4.98 Å². The number of hydrogen-bond acceptors (Lipinski definition) is 4. The van der Waals surface area contributed by atoms with Crippen LogP contribution in [0.1, 0.15) is 12.8 Å². The maximum absolute atomic E-state index is 12.0. The minimum atomic E-state index is -3.62. The van der Waals surface area contributed by atoms with Crippen molar-refractivity contribution >= 4 is 44.2 Å². The molecule has 1 aromatic carbocycles. The number of carboxylic acids is 1. The molecule has 0 bridgehead atoms. The van der Waals surface area contributed by atoms with Gasteiger partial charge < -0.3 is 5.11 Å². The lowest BCUT2D eigenvalue weighted by molar-refractivity contribution is -0.137. The normalized spacial score (nSPS) is 11.5. The van der Waals surface area contributed by atoms with Crippen LogP contribution in [0, 0.1) is 0 Å². The van der Waals surface area contributed by atoms with Gasteiger partial charge in [-0.25, -0.2) is 8.42 Å². The topological polar surface area (TPSA) is 96.4 Å². The van der Waals surface area contributed by atoms with E-state index in [2.05, 4.69) is 9.71 Å². The molecule has 0 unspecified atom stereocenters. The predicted octanol–water partition coefficient (Wildman–Crippen LogP) is 2.49. The Bertz CT molecular complexity index is 777. The first-order chi connectivity index (χ1) is 9.89. The SMILES string of the molecule is O=C(O)CCCS(=O)(=O)Nc1ccc(Cl)c2ncccc12. The number of benzene rings is 1. The fourth-order valence-corrected chi connectivity index (χ4v) is 3.21. The lowest BCUT2D eigenvalue weighted by atomic mass is 10.2. The molecule has 0 aliphatic rings. The highest BCUT2D eigenvalue weighted by atomic mass is 35.5. The summed E-state index contributed by atoms with van der Waals surface area (Å²) in [5.74, 6) is -1.28. The van der Waals surface area contributed by atoms with Crippen molar-refractivity contribution in [2.45, 2.75) is 12.8 Å². The van der Waals surface area contributed by atoms with Crippen LogP contribution in [0.3, 0.4) is 0 Å². The number of halogens is 1. The van der Waals surface area contributed by atoms with Crippen LogP contribution in [0.15, 0.2) is 30.5 Å². The van der Waals surface area contributed by atoms with Gasteiger partial charge in [-0.3, -0.25) is 14.5 Å². The Hall–Kier alpha value is -1.86. The van der Waals surface area contributed by atoms with E-state index < -0.39 is 16.0 Å². The zero-order valence-corrected chi connectivity index (χ0v) is 12.5. The molecule has 2 rings (SSSR count). The van der Waals surface area contributed by atoms with Crippen molar-refractivity contribution in [2.24, 2.45) is 0 Å². The highest BCUT2D eigenvalue weighted by Gasteiger charge is 2.14. The van der Waals surface area contributed by atoms with Crippen LogP contribution in [-0.4, -0.2) is 30.2 Å². The minimum absolute atomic E-state index is 0.0500. The van der Waals surface area contributed by atoms with Gasteiger partial charge in [0, 0.05) is 18.0 Å². The van der Waals surface area contributed by atoms with E-state index in [1.807, 2.05) is 0 Å². The summed E-state index contributed by atoms with van der Waals surface area (Å²) in [6.07, 6.45) is 1.43. The van der Waals surface area contributed by atoms with E-state index in [0.29, 0.717) is 21.6 Å². The Kier molecular flexibility index (Phi) is 4.64. The summed E-state index contributed by atoms with van der Waals surface area (Å²) in [4.78, 5) is 14.5. The molecular weight excluding hydrogens is 316 g/mol. The van der Waals surface area contributed by atoms with Crippen LogP contribution in [-0.2, 0) is 14.8 Å². The molecule has 0 amide bonds. The third-order valence-corrected chi connectivity index (χ3v) is 4.45. The molecule has 0 fully saturated rings. The lowest BCUT2D eigenvalue weighted by Gasteiger charge is -2.10. The largest absolute Gasteiger partial charge is 0.481 e. The van der Waals surface area contributed by atoms with Crippen LogP contribution >= 0.6 is 11.6 Å². The number of hydrogen-bond donors (Lipinski definition) is 2. The number of aromatic nitrogens is 1. The molecule has 0 spiro atoms. The molecule has 8 heteroatoms. The molecule has 112 valence electrons. The molecule has 0 aliphatic heterocycles. The summed E-state index contributed by atoms with van der Waals surface area (Å²) in [6, 6.07) is 6.51. The second-order valence-electron chi connectivity index (χ2n) is 4.41.